The summed E-state index contributed by atoms with van der Waals surface area (Å²) >= 11 is 3.53. The maximum atomic E-state index is 5.68. The second-order valence-electron chi connectivity index (χ2n) is 4.61. The van der Waals surface area contributed by atoms with E-state index in [0.717, 1.165) is 42.9 Å². The number of morpholine rings is 1. The fourth-order valence-corrected chi connectivity index (χ4v) is 2.83. The number of benzene rings is 1. The Morgan fingerprint density at radius 3 is 3.00 bits per heavy atom. The smallest absolute Gasteiger partial charge is 0.133 e. The van der Waals surface area contributed by atoms with Crippen LogP contribution in [0.2, 0.25) is 0 Å². The third-order valence-electron chi connectivity index (χ3n) is 3.30. The van der Waals surface area contributed by atoms with Crippen molar-refractivity contribution in [2.45, 2.75) is 26.0 Å². The predicted molar refractivity (Wildman–Crippen MR) is 76.0 cm³/mol. The molecule has 2 rings (SSSR count). The highest BCUT2D eigenvalue weighted by atomic mass is 79.9. The summed E-state index contributed by atoms with van der Waals surface area (Å²) < 4.78 is 11.9. The molecule has 0 aromatic heterocycles. The fraction of sp³-hybridized carbons (Fsp3) is 0.571. The van der Waals surface area contributed by atoms with Gasteiger partial charge in [-0.15, -0.1) is 0 Å². The van der Waals surface area contributed by atoms with Crippen LogP contribution in [-0.2, 0) is 11.3 Å². The summed E-state index contributed by atoms with van der Waals surface area (Å²) in [5.74, 6) is 0.882. The quantitative estimate of drug-likeness (QED) is 0.852. The Kier molecular flexibility index (Phi) is 5.03. The molecule has 1 unspecified atom stereocenters. The number of rotatable bonds is 4. The van der Waals surface area contributed by atoms with Gasteiger partial charge in [-0.3, -0.25) is 4.90 Å². The van der Waals surface area contributed by atoms with E-state index in [4.69, 9.17) is 9.47 Å². The van der Waals surface area contributed by atoms with Crippen LogP contribution in [0, 0.1) is 0 Å². The Morgan fingerprint density at radius 2 is 2.33 bits per heavy atom. The summed E-state index contributed by atoms with van der Waals surface area (Å²) in [4.78, 5) is 2.45. The lowest BCUT2D eigenvalue weighted by Gasteiger charge is -2.32. The molecule has 1 aromatic carbocycles. The molecular weight excluding hydrogens is 294 g/mol. The first-order valence-corrected chi connectivity index (χ1v) is 7.18. The minimum Gasteiger partial charge on any atom is -0.496 e. The van der Waals surface area contributed by atoms with Gasteiger partial charge in [0.1, 0.15) is 5.75 Å². The van der Waals surface area contributed by atoms with Gasteiger partial charge in [-0.1, -0.05) is 13.0 Å². The van der Waals surface area contributed by atoms with E-state index in [1.807, 2.05) is 6.07 Å². The third kappa shape index (κ3) is 3.46. The number of hydrogen-bond acceptors (Lipinski definition) is 3. The van der Waals surface area contributed by atoms with Crippen LogP contribution in [0.5, 0.6) is 5.75 Å². The molecule has 18 heavy (non-hydrogen) atoms. The van der Waals surface area contributed by atoms with Crippen LogP contribution in [0.15, 0.2) is 22.7 Å². The van der Waals surface area contributed by atoms with Gasteiger partial charge in [0.05, 0.1) is 24.3 Å². The molecule has 0 radical (unpaired) electrons. The highest BCUT2D eigenvalue weighted by Crippen LogP contribution is 2.26. The zero-order chi connectivity index (χ0) is 13.0. The number of nitrogens with zero attached hydrogens (tertiary/aromatic N) is 1. The lowest BCUT2D eigenvalue weighted by Crippen LogP contribution is -2.41. The summed E-state index contributed by atoms with van der Waals surface area (Å²) in [5, 5.41) is 0. The van der Waals surface area contributed by atoms with E-state index in [2.05, 4.69) is 39.9 Å². The molecule has 1 atom stereocenters. The van der Waals surface area contributed by atoms with Crippen molar-refractivity contribution < 1.29 is 9.47 Å². The lowest BCUT2D eigenvalue weighted by atomic mass is 10.1. The Balaban J connectivity index is 1.98. The molecular formula is C14H20BrNO2. The Labute approximate surface area is 117 Å². The molecule has 0 amide bonds. The van der Waals surface area contributed by atoms with Crippen molar-refractivity contribution in [3.8, 4) is 5.75 Å². The van der Waals surface area contributed by atoms with Gasteiger partial charge in [0.2, 0.25) is 0 Å². The Hall–Kier alpha value is -0.580. The third-order valence-corrected chi connectivity index (χ3v) is 3.92. The second-order valence-corrected chi connectivity index (χ2v) is 5.46. The van der Waals surface area contributed by atoms with Gasteiger partial charge >= 0.3 is 0 Å². The van der Waals surface area contributed by atoms with Crippen LogP contribution in [0.25, 0.3) is 0 Å². The SMILES string of the molecule is CCC1CN(Cc2ccc(OC)c(Br)c2)CCO1. The van der Waals surface area contributed by atoms with Crippen LogP contribution < -0.4 is 4.74 Å². The molecule has 0 N–H and O–H groups in total. The number of ether oxygens (including phenoxy) is 2. The first-order valence-electron chi connectivity index (χ1n) is 6.39. The van der Waals surface area contributed by atoms with Crippen molar-refractivity contribution in [3.05, 3.63) is 28.2 Å². The van der Waals surface area contributed by atoms with Gasteiger partial charge in [0.25, 0.3) is 0 Å². The number of halogens is 1. The van der Waals surface area contributed by atoms with Gasteiger partial charge in [0, 0.05) is 19.6 Å². The molecule has 1 fully saturated rings. The standard InChI is InChI=1S/C14H20BrNO2/c1-3-12-10-16(6-7-18-12)9-11-4-5-14(17-2)13(15)8-11/h4-5,8,12H,3,6-7,9-10H2,1-2H3. The van der Waals surface area contributed by atoms with Gasteiger partial charge in [-0.25, -0.2) is 0 Å². The Bertz CT molecular complexity index is 397. The zero-order valence-corrected chi connectivity index (χ0v) is 12.6. The lowest BCUT2D eigenvalue weighted by molar-refractivity contribution is -0.0324. The van der Waals surface area contributed by atoms with Crippen molar-refractivity contribution in [1.29, 1.82) is 0 Å². The van der Waals surface area contributed by atoms with Crippen molar-refractivity contribution in [2.75, 3.05) is 26.8 Å². The van der Waals surface area contributed by atoms with Crippen LogP contribution >= 0.6 is 15.9 Å². The van der Waals surface area contributed by atoms with E-state index < -0.39 is 0 Å². The highest BCUT2D eigenvalue weighted by Gasteiger charge is 2.19. The minimum absolute atomic E-state index is 0.389. The molecule has 0 saturated carbocycles. The fourth-order valence-electron chi connectivity index (χ4n) is 2.24. The monoisotopic (exact) mass is 313 g/mol. The summed E-state index contributed by atoms with van der Waals surface area (Å²) in [6.07, 6.45) is 1.48. The largest absolute Gasteiger partial charge is 0.496 e. The molecule has 1 aliphatic rings. The van der Waals surface area contributed by atoms with E-state index in [-0.39, 0.29) is 0 Å². The molecule has 1 aromatic rings. The molecule has 0 aliphatic carbocycles. The van der Waals surface area contributed by atoms with Crippen LogP contribution in [0.1, 0.15) is 18.9 Å². The van der Waals surface area contributed by atoms with Crippen molar-refractivity contribution >= 4 is 15.9 Å². The summed E-state index contributed by atoms with van der Waals surface area (Å²) in [6, 6.07) is 6.27. The maximum Gasteiger partial charge on any atom is 0.133 e. The predicted octanol–water partition coefficient (Wildman–Crippen LogP) is 3.07. The van der Waals surface area contributed by atoms with E-state index in [1.54, 1.807) is 7.11 Å². The van der Waals surface area contributed by atoms with E-state index >= 15 is 0 Å². The second kappa shape index (κ2) is 6.55. The molecule has 1 saturated heterocycles. The van der Waals surface area contributed by atoms with Crippen LogP contribution in [-0.4, -0.2) is 37.8 Å². The van der Waals surface area contributed by atoms with Crippen molar-refractivity contribution in [3.63, 3.8) is 0 Å². The molecule has 0 bridgehead atoms. The average Bonchev–Trinajstić information content (AvgIpc) is 2.39. The number of methoxy groups -OCH3 is 1. The summed E-state index contributed by atoms with van der Waals surface area (Å²) in [6.45, 7) is 6.04. The summed E-state index contributed by atoms with van der Waals surface area (Å²) in [7, 11) is 1.69. The highest BCUT2D eigenvalue weighted by molar-refractivity contribution is 9.10. The molecule has 100 valence electrons. The van der Waals surface area contributed by atoms with Gasteiger partial charge in [-0.2, -0.15) is 0 Å². The zero-order valence-electron chi connectivity index (χ0n) is 11.0. The number of hydrogen-bond donors (Lipinski definition) is 0. The molecule has 1 aliphatic heterocycles. The van der Waals surface area contributed by atoms with Crippen LogP contribution in [0.3, 0.4) is 0 Å². The topological polar surface area (TPSA) is 21.7 Å². The van der Waals surface area contributed by atoms with Gasteiger partial charge < -0.3 is 9.47 Å². The van der Waals surface area contributed by atoms with E-state index in [9.17, 15) is 0 Å². The maximum absolute atomic E-state index is 5.68. The van der Waals surface area contributed by atoms with E-state index in [1.165, 1.54) is 5.56 Å². The first kappa shape index (κ1) is 13.8. The van der Waals surface area contributed by atoms with Crippen LogP contribution in [0.4, 0.5) is 0 Å². The molecule has 1 heterocycles. The van der Waals surface area contributed by atoms with Gasteiger partial charge in [0.15, 0.2) is 0 Å². The molecule has 4 heteroatoms. The molecule has 0 spiro atoms. The van der Waals surface area contributed by atoms with Crippen molar-refractivity contribution in [2.24, 2.45) is 0 Å². The van der Waals surface area contributed by atoms with Gasteiger partial charge in [-0.05, 0) is 40.0 Å². The summed E-state index contributed by atoms with van der Waals surface area (Å²) in [5.41, 5.74) is 1.31. The Morgan fingerprint density at radius 1 is 1.50 bits per heavy atom. The molecule has 3 nitrogen and oxygen atoms in total. The average molecular weight is 314 g/mol. The first-order chi connectivity index (χ1) is 8.72. The minimum atomic E-state index is 0.389. The normalized spacial score (nSPS) is 20.9. The van der Waals surface area contributed by atoms with Crippen molar-refractivity contribution in [1.82, 2.24) is 4.90 Å². The van der Waals surface area contributed by atoms with E-state index in [0.29, 0.717) is 6.10 Å².